The summed E-state index contributed by atoms with van der Waals surface area (Å²) in [6, 6.07) is 5.78. The van der Waals surface area contributed by atoms with E-state index in [-0.39, 0.29) is 5.54 Å². The van der Waals surface area contributed by atoms with Crippen LogP contribution in [0.15, 0.2) is 18.2 Å². The fourth-order valence-electron chi connectivity index (χ4n) is 3.03. The van der Waals surface area contributed by atoms with Gasteiger partial charge < -0.3 is 5.32 Å². The van der Waals surface area contributed by atoms with Crippen LogP contribution in [0.2, 0.25) is 10.0 Å². The summed E-state index contributed by atoms with van der Waals surface area (Å²) in [5.41, 5.74) is 1.32. The average molecular weight is 300 g/mol. The fraction of sp³-hybridized carbons (Fsp3) is 0.625. The van der Waals surface area contributed by atoms with Crippen LogP contribution < -0.4 is 5.32 Å². The van der Waals surface area contributed by atoms with E-state index in [0.717, 1.165) is 28.6 Å². The normalized spacial score (nSPS) is 24.5. The SMILES string of the molecule is CC(C)C1(Cc2cc(Cl)ccc2Cl)CCCCCN1. The molecule has 1 heterocycles. The third-order valence-electron chi connectivity index (χ3n) is 4.40. The van der Waals surface area contributed by atoms with Crippen molar-refractivity contribution in [3.05, 3.63) is 33.8 Å². The molecule has 0 spiro atoms. The van der Waals surface area contributed by atoms with Gasteiger partial charge in [-0.2, -0.15) is 0 Å². The van der Waals surface area contributed by atoms with Crippen molar-refractivity contribution in [2.75, 3.05) is 6.54 Å². The first-order valence-electron chi connectivity index (χ1n) is 7.22. The van der Waals surface area contributed by atoms with Gasteiger partial charge in [0.2, 0.25) is 0 Å². The van der Waals surface area contributed by atoms with Crippen molar-refractivity contribution in [2.45, 2.75) is 51.5 Å². The van der Waals surface area contributed by atoms with Gasteiger partial charge in [0.15, 0.2) is 0 Å². The minimum Gasteiger partial charge on any atom is -0.311 e. The van der Waals surface area contributed by atoms with Gasteiger partial charge in [0.05, 0.1) is 0 Å². The van der Waals surface area contributed by atoms with E-state index in [1.807, 2.05) is 18.2 Å². The lowest BCUT2D eigenvalue weighted by atomic mass is 9.77. The third-order valence-corrected chi connectivity index (χ3v) is 5.00. The van der Waals surface area contributed by atoms with Crippen LogP contribution in [-0.4, -0.2) is 12.1 Å². The lowest BCUT2D eigenvalue weighted by molar-refractivity contribution is 0.226. The van der Waals surface area contributed by atoms with Crippen molar-refractivity contribution in [1.82, 2.24) is 5.32 Å². The molecule has 2 rings (SSSR count). The fourth-order valence-corrected chi connectivity index (χ4v) is 3.41. The molecule has 1 unspecified atom stereocenters. The molecule has 0 radical (unpaired) electrons. The number of rotatable bonds is 3. The molecule has 1 aliphatic rings. The van der Waals surface area contributed by atoms with E-state index in [4.69, 9.17) is 23.2 Å². The van der Waals surface area contributed by atoms with Crippen LogP contribution in [0.1, 0.15) is 45.1 Å². The van der Waals surface area contributed by atoms with Crippen LogP contribution in [0.25, 0.3) is 0 Å². The molecule has 0 saturated carbocycles. The molecule has 1 nitrogen and oxygen atoms in total. The summed E-state index contributed by atoms with van der Waals surface area (Å²) >= 11 is 12.4. The summed E-state index contributed by atoms with van der Waals surface area (Å²) in [6.07, 6.45) is 6.07. The van der Waals surface area contributed by atoms with Gasteiger partial charge in [0.25, 0.3) is 0 Å². The Hall–Kier alpha value is -0.240. The third kappa shape index (κ3) is 3.65. The topological polar surface area (TPSA) is 12.0 Å². The van der Waals surface area contributed by atoms with Crippen molar-refractivity contribution in [1.29, 1.82) is 0 Å². The lowest BCUT2D eigenvalue weighted by Gasteiger charge is -2.38. The predicted octanol–water partition coefficient (Wildman–Crippen LogP) is 5.09. The zero-order valence-corrected chi connectivity index (χ0v) is 13.3. The van der Waals surface area contributed by atoms with Gasteiger partial charge in [-0.15, -0.1) is 0 Å². The molecule has 3 heteroatoms. The number of hydrogen-bond donors (Lipinski definition) is 1. The predicted molar refractivity (Wildman–Crippen MR) is 84.2 cm³/mol. The van der Waals surface area contributed by atoms with E-state index in [0.29, 0.717) is 5.92 Å². The number of nitrogens with one attached hydrogen (secondary N) is 1. The summed E-state index contributed by atoms with van der Waals surface area (Å²) in [5, 5.41) is 5.39. The zero-order chi connectivity index (χ0) is 13.9. The number of benzene rings is 1. The van der Waals surface area contributed by atoms with Crippen molar-refractivity contribution in [3.63, 3.8) is 0 Å². The van der Waals surface area contributed by atoms with E-state index in [9.17, 15) is 0 Å². The molecule has 1 aromatic carbocycles. The first-order valence-corrected chi connectivity index (χ1v) is 7.98. The first kappa shape index (κ1) is 15.2. The maximum atomic E-state index is 6.34. The maximum Gasteiger partial charge on any atom is 0.0439 e. The Kier molecular flexibility index (Phi) is 5.16. The minimum absolute atomic E-state index is 0.158. The van der Waals surface area contributed by atoms with Crippen LogP contribution >= 0.6 is 23.2 Å². The Bertz CT molecular complexity index is 421. The Morgan fingerprint density at radius 1 is 1.21 bits per heavy atom. The second kappa shape index (κ2) is 6.47. The molecular weight excluding hydrogens is 277 g/mol. The van der Waals surface area contributed by atoms with Gasteiger partial charge in [-0.3, -0.25) is 0 Å². The quantitative estimate of drug-likeness (QED) is 0.819. The van der Waals surface area contributed by atoms with Crippen molar-refractivity contribution in [3.8, 4) is 0 Å². The molecule has 1 fully saturated rings. The summed E-state index contributed by atoms with van der Waals surface area (Å²) in [6.45, 7) is 5.71. The highest BCUT2D eigenvalue weighted by Crippen LogP contribution is 2.33. The summed E-state index contributed by atoms with van der Waals surface area (Å²) in [5.74, 6) is 0.584. The lowest BCUT2D eigenvalue weighted by Crippen LogP contribution is -2.51. The second-order valence-corrected chi connectivity index (χ2v) is 6.80. The highest BCUT2D eigenvalue weighted by Gasteiger charge is 2.34. The molecule has 0 aromatic heterocycles. The average Bonchev–Trinajstić information content (AvgIpc) is 2.60. The molecule has 19 heavy (non-hydrogen) atoms. The van der Waals surface area contributed by atoms with Crippen LogP contribution in [0.4, 0.5) is 0 Å². The molecular formula is C16H23Cl2N. The van der Waals surface area contributed by atoms with Gasteiger partial charge in [-0.05, 0) is 55.5 Å². The molecule has 0 amide bonds. The molecule has 1 aromatic rings. The summed E-state index contributed by atoms with van der Waals surface area (Å²) in [4.78, 5) is 0. The van der Waals surface area contributed by atoms with E-state index in [1.165, 1.54) is 25.7 Å². The summed E-state index contributed by atoms with van der Waals surface area (Å²) in [7, 11) is 0. The summed E-state index contributed by atoms with van der Waals surface area (Å²) < 4.78 is 0. The molecule has 0 bridgehead atoms. The Balaban J connectivity index is 2.27. The van der Waals surface area contributed by atoms with Gasteiger partial charge in [0, 0.05) is 15.6 Å². The Morgan fingerprint density at radius 3 is 2.74 bits per heavy atom. The highest BCUT2D eigenvalue weighted by atomic mass is 35.5. The minimum atomic E-state index is 0.158. The first-order chi connectivity index (χ1) is 9.03. The van der Waals surface area contributed by atoms with Gasteiger partial charge >= 0.3 is 0 Å². The van der Waals surface area contributed by atoms with Crippen LogP contribution in [0.5, 0.6) is 0 Å². The van der Waals surface area contributed by atoms with E-state index < -0.39 is 0 Å². The van der Waals surface area contributed by atoms with Crippen LogP contribution in [-0.2, 0) is 6.42 Å². The Morgan fingerprint density at radius 2 is 2.00 bits per heavy atom. The second-order valence-electron chi connectivity index (χ2n) is 5.96. The standard InChI is InChI=1S/C16H23Cl2N/c1-12(2)16(8-4-3-5-9-19-16)11-13-10-14(17)6-7-15(13)18/h6-7,10,12,19H,3-5,8-9,11H2,1-2H3. The van der Waals surface area contributed by atoms with Crippen molar-refractivity contribution in [2.24, 2.45) is 5.92 Å². The van der Waals surface area contributed by atoms with Crippen molar-refractivity contribution >= 4 is 23.2 Å². The molecule has 0 aliphatic carbocycles. The number of hydrogen-bond acceptors (Lipinski definition) is 1. The largest absolute Gasteiger partial charge is 0.311 e. The number of halogens is 2. The molecule has 1 N–H and O–H groups in total. The van der Waals surface area contributed by atoms with Crippen LogP contribution in [0, 0.1) is 5.92 Å². The van der Waals surface area contributed by atoms with E-state index in [1.54, 1.807) is 0 Å². The Labute approximate surface area is 126 Å². The van der Waals surface area contributed by atoms with E-state index >= 15 is 0 Å². The monoisotopic (exact) mass is 299 g/mol. The highest BCUT2D eigenvalue weighted by molar-refractivity contribution is 6.33. The van der Waals surface area contributed by atoms with Gasteiger partial charge in [0.1, 0.15) is 0 Å². The van der Waals surface area contributed by atoms with Gasteiger partial charge in [-0.25, -0.2) is 0 Å². The molecule has 1 saturated heterocycles. The van der Waals surface area contributed by atoms with Gasteiger partial charge in [-0.1, -0.05) is 49.9 Å². The molecule has 1 atom stereocenters. The molecule has 106 valence electrons. The maximum absolute atomic E-state index is 6.34. The molecule has 1 aliphatic heterocycles. The van der Waals surface area contributed by atoms with E-state index in [2.05, 4.69) is 19.2 Å². The van der Waals surface area contributed by atoms with Crippen LogP contribution in [0.3, 0.4) is 0 Å². The smallest absolute Gasteiger partial charge is 0.0439 e. The zero-order valence-electron chi connectivity index (χ0n) is 11.8. The van der Waals surface area contributed by atoms with Crippen molar-refractivity contribution < 1.29 is 0 Å².